The Morgan fingerprint density at radius 2 is 1.32 bits per heavy atom. The number of aryl methyl sites for hydroxylation is 1. The van der Waals surface area contributed by atoms with Crippen molar-refractivity contribution >= 4 is 0 Å². The molecule has 0 N–H and O–H groups in total. The predicted molar refractivity (Wildman–Crippen MR) is 115 cm³/mol. The van der Waals surface area contributed by atoms with Gasteiger partial charge in [0.25, 0.3) is 0 Å². The zero-order valence-corrected chi connectivity index (χ0v) is 17.6. The molecule has 150 valence electrons. The average molecular weight is 384 g/mol. The molecule has 3 nitrogen and oxygen atoms in total. The van der Waals surface area contributed by atoms with Crippen molar-refractivity contribution < 1.29 is 13.9 Å². The van der Waals surface area contributed by atoms with E-state index in [1.165, 1.54) is 12.1 Å². The Balaban J connectivity index is 0.000000921. The van der Waals surface area contributed by atoms with Crippen LogP contribution in [0.1, 0.15) is 40.3 Å². The number of benzene rings is 2. The summed E-state index contributed by atoms with van der Waals surface area (Å²) in [4.78, 5) is 4.63. The van der Waals surface area contributed by atoms with E-state index in [1.807, 2.05) is 64.1 Å². The van der Waals surface area contributed by atoms with Gasteiger partial charge in [0.05, 0.1) is 12.8 Å². The summed E-state index contributed by atoms with van der Waals surface area (Å²) >= 11 is 0. The molecular weight excluding hydrogens is 353 g/mol. The Morgan fingerprint density at radius 1 is 0.786 bits per heavy atom. The monoisotopic (exact) mass is 383 g/mol. The van der Waals surface area contributed by atoms with Gasteiger partial charge < -0.3 is 9.47 Å². The van der Waals surface area contributed by atoms with Crippen molar-refractivity contribution in [2.75, 3.05) is 7.11 Å². The van der Waals surface area contributed by atoms with E-state index in [2.05, 4.69) is 11.9 Å². The molecule has 0 radical (unpaired) electrons. The maximum absolute atomic E-state index is 12.9. The summed E-state index contributed by atoms with van der Waals surface area (Å²) in [6, 6.07) is 17.4. The minimum absolute atomic E-state index is 0.284. The summed E-state index contributed by atoms with van der Waals surface area (Å²) in [5, 5.41) is 0. The molecule has 2 aromatic carbocycles. The van der Waals surface area contributed by atoms with E-state index < -0.39 is 0 Å². The average Bonchev–Trinajstić information content (AvgIpc) is 2.78. The largest absolute Gasteiger partial charge is 0.497 e. The molecule has 28 heavy (non-hydrogen) atoms. The molecule has 0 atom stereocenters. The fourth-order valence-electron chi connectivity index (χ4n) is 2.34. The normalized spacial score (nSPS) is 9.39. The number of rotatable bonds is 5. The highest BCUT2D eigenvalue weighted by molar-refractivity contribution is 5.62. The minimum atomic E-state index is -0.284. The number of pyridine rings is 1. The van der Waals surface area contributed by atoms with Gasteiger partial charge in [0.2, 0.25) is 0 Å². The molecule has 0 aliphatic carbocycles. The third-order valence-corrected chi connectivity index (χ3v) is 3.65. The number of hydrogen-bond acceptors (Lipinski definition) is 3. The van der Waals surface area contributed by atoms with E-state index in [0.717, 1.165) is 29.1 Å². The Morgan fingerprint density at radius 3 is 1.82 bits per heavy atom. The number of methoxy groups -OCH3 is 1. The number of aromatic nitrogens is 1. The molecule has 0 fully saturated rings. The van der Waals surface area contributed by atoms with Crippen LogP contribution < -0.4 is 9.47 Å². The summed E-state index contributed by atoms with van der Waals surface area (Å²) < 4.78 is 24.0. The lowest BCUT2D eigenvalue weighted by molar-refractivity contribution is 0.414. The van der Waals surface area contributed by atoms with E-state index in [0.29, 0.717) is 11.5 Å². The van der Waals surface area contributed by atoms with Crippen LogP contribution in [0, 0.1) is 5.82 Å². The van der Waals surface area contributed by atoms with E-state index in [4.69, 9.17) is 9.47 Å². The van der Waals surface area contributed by atoms with Gasteiger partial charge in [-0.1, -0.05) is 34.6 Å². The molecule has 0 aliphatic heterocycles. The first-order valence-electron chi connectivity index (χ1n) is 9.76. The molecule has 3 rings (SSSR count). The first kappa shape index (κ1) is 23.2. The van der Waals surface area contributed by atoms with Crippen LogP contribution in [0.25, 0.3) is 11.3 Å². The van der Waals surface area contributed by atoms with Crippen LogP contribution in [-0.4, -0.2) is 12.1 Å². The van der Waals surface area contributed by atoms with Gasteiger partial charge in [0.15, 0.2) is 0 Å². The first-order valence-corrected chi connectivity index (χ1v) is 9.76. The lowest BCUT2D eigenvalue weighted by Crippen LogP contribution is -1.94. The quantitative estimate of drug-likeness (QED) is 0.463. The summed E-state index contributed by atoms with van der Waals surface area (Å²) in [5.74, 6) is 1.79. The SMILES string of the molecule is CC.CC.CCc1cc(OC)cc(-c2ccc(Oc3ccc(F)cc3)cc2)n1. The summed E-state index contributed by atoms with van der Waals surface area (Å²) in [5.41, 5.74) is 2.82. The molecule has 3 aromatic rings. The fraction of sp³-hybridized carbons (Fsp3) is 0.292. The second-order valence-electron chi connectivity index (χ2n) is 5.32. The zero-order valence-electron chi connectivity index (χ0n) is 17.6. The van der Waals surface area contributed by atoms with E-state index in [-0.39, 0.29) is 5.82 Å². The van der Waals surface area contributed by atoms with Gasteiger partial charge in [-0.15, -0.1) is 0 Å². The van der Waals surface area contributed by atoms with Gasteiger partial charge >= 0.3 is 0 Å². The molecule has 0 saturated heterocycles. The van der Waals surface area contributed by atoms with E-state index in [9.17, 15) is 4.39 Å². The molecule has 4 heteroatoms. The highest BCUT2D eigenvalue weighted by Gasteiger charge is 2.06. The molecule has 0 amide bonds. The molecule has 0 bridgehead atoms. The van der Waals surface area contributed by atoms with Crippen molar-refractivity contribution in [2.24, 2.45) is 0 Å². The fourth-order valence-corrected chi connectivity index (χ4v) is 2.34. The third-order valence-electron chi connectivity index (χ3n) is 3.65. The van der Waals surface area contributed by atoms with Crippen molar-refractivity contribution in [3.8, 4) is 28.5 Å². The van der Waals surface area contributed by atoms with E-state index in [1.54, 1.807) is 19.2 Å². The summed E-state index contributed by atoms with van der Waals surface area (Å²) in [6.45, 7) is 10.1. The number of ether oxygens (including phenoxy) is 2. The highest BCUT2D eigenvalue weighted by atomic mass is 19.1. The van der Waals surface area contributed by atoms with Crippen LogP contribution in [0.5, 0.6) is 17.2 Å². The lowest BCUT2D eigenvalue weighted by Gasteiger charge is -2.09. The van der Waals surface area contributed by atoms with Gasteiger partial charge in [-0.05, 0) is 55.0 Å². The smallest absolute Gasteiger partial charge is 0.127 e. The second-order valence-corrected chi connectivity index (χ2v) is 5.32. The third kappa shape index (κ3) is 6.69. The molecule has 0 spiro atoms. The molecule has 1 aromatic heterocycles. The first-order chi connectivity index (χ1) is 13.7. The Hall–Kier alpha value is -2.88. The Bertz CT molecular complexity index is 793. The highest BCUT2D eigenvalue weighted by Crippen LogP contribution is 2.27. The second kappa shape index (κ2) is 12.5. The number of hydrogen-bond donors (Lipinski definition) is 0. The van der Waals surface area contributed by atoms with Crippen LogP contribution in [0.2, 0.25) is 0 Å². The number of nitrogens with zero attached hydrogens (tertiary/aromatic N) is 1. The maximum atomic E-state index is 12.9. The van der Waals surface area contributed by atoms with Crippen LogP contribution in [0.3, 0.4) is 0 Å². The van der Waals surface area contributed by atoms with Gasteiger partial charge in [-0.25, -0.2) is 4.39 Å². The zero-order chi connectivity index (χ0) is 20.9. The van der Waals surface area contributed by atoms with Gasteiger partial charge in [0.1, 0.15) is 23.1 Å². The molecule has 0 saturated carbocycles. The molecular formula is C24H30FNO2. The minimum Gasteiger partial charge on any atom is -0.497 e. The van der Waals surface area contributed by atoms with Crippen molar-refractivity contribution in [1.29, 1.82) is 0 Å². The topological polar surface area (TPSA) is 31.4 Å². The van der Waals surface area contributed by atoms with Crippen molar-refractivity contribution in [3.63, 3.8) is 0 Å². The van der Waals surface area contributed by atoms with Crippen LogP contribution in [-0.2, 0) is 6.42 Å². The standard InChI is InChI=1S/C20H18FNO2.2C2H6/c1-3-16-12-19(23-2)13-20(22-16)14-4-8-17(9-5-14)24-18-10-6-15(21)7-11-18;2*1-2/h4-13H,3H2,1-2H3;2*1-2H3. The van der Waals surface area contributed by atoms with Crippen molar-refractivity contribution in [3.05, 3.63) is 72.2 Å². The van der Waals surface area contributed by atoms with Crippen LogP contribution in [0.15, 0.2) is 60.7 Å². The molecule has 0 aliphatic rings. The van der Waals surface area contributed by atoms with Gasteiger partial charge in [0, 0.05) is 23.4 Å². The van der Waals surface area contributed by atoms with Crippen LogP contribution >= 0.6 is 0 Å². The Labute approximate surface area is 168 Å². The summed E-state index contributed by atoms with van der Waals surface area (Å²) in [7, 11) is 1.65. The molecule has 1 heterocycles. The van der Waals surface area contributed by atoms with Crippen molar-refractivity contribution in [1.82, 2.24) is 4.98 Å². The van der Waals surface area contributed by atoms with E-state index >= 15 is 0 Å². The molecule has 0 unspecified atom stereocenters. The van der Waals surface area contributed by atoms with Gasteiger partial charge in [-0.2, -0.15) is 0 Å². The number of halogens is 1. The van der Waals surface area contributed by atoms with Crippen LogP contribution in [0.4, 0.5) is 4.39 Å². The lowest BCUT2D eigenvalue weighted by atomic mass is 10.1. The summed E-state index contributed by atoms with van der Waals surface area (Å²) in [6.07, 6.45) is 0.843. The maximum Gasteiger partial charge on any atom is 0.127 e. The van der Waals surface area contributed by atoms with Gasteiger partial charge in [-0.3, -0.25) is 4.98 Å². The predicted octanol–water partition coefficient (Wildman–Crippen LogP) is 7.30. The van der Waals surface area contributed by atoms with Crippen molar-refractivity contribution in [2.45, 2.75) is 41.0 Å². The Kier molecular flexibility index (Phi) is 10.3.